The average molecular weight is 238 g/mol. The summed E-state index contributed by atoms with van der Waals surface area (Å²) in [4.78, 5) is 26.0. The maximum atomic E-state index is 12.3. The van der Waals surface area contributed by atoms with Crippen LogP contribution in [-0.2, 0) is 9.59 Å². The van der Waals surface area contributed by atoms with Gasteiger partial charge in [0.2, 0.25) is 11.8 Å². The molecule has 1 unspecified atom stereocenters. The average Bonchev–Trinajstić information content (AvgIpc) is 2.19. The van der Waals surface area contributed by atoms with E-state index in [9.17, 15) is 9.59 Å². The minimum absolute atomic E-state index is 0.0195. The Hall–Kier alpha value is -1.32. The minimum Gasteiger partial charge on any atom is -0.340 e. The van der Waals surface area contributed by atoms with E-state index < -0.39 is 5.54 Å². The van der Waals surface area contributed by atoms with Crippen molar-refractivity contribution < 1.29 is 9.59 Å². The van der Waals surface area contributed by atoms with Gasteiger partial charge in [0.05, 0.1) is 0 Å². The first-order valence-corrected chi connectivity index (χ1v) is 6.05. The number of allylic oxidation sites excluding steroid dienone is 1. The maximum absolute atomic E-state index is 12.3. The van der Waals surface area contributed by atoms with Crippen LogP contribution in [0.15, 0.2) is 12.2 Å². The third-order valence-corrected chi connectivity index (χ3v) is 3.00. The van der Waals surface area contributed by atoms with E-state index in [0.717, 1.165) is 0 Å². The van der Waals surface area contributed by atoms with Crippen LogP contribution in [0.1, 0.15) is 34.6 Å². The molecule has 0 aromatic heterocycles. The number of hydrogen-bond acceptors (Lipinski definition) is 2. The molecule has 0 saturated carbocycles. The Bertz CT molecular complexity index is 345. The van der Waals surface area contributed by atoms with Crippen molar-refractivity contribution in [2.75, 3.05) is 6.54 Å². The van der Waals surface area contributed by atoms with Crippen LogP contribution in [0.5, 0.6) is 0 Å². The van der Waals surface area contributed by atoms with E-state index in [1.807, 2.05) is 32.9 Å². The highest BCUT2D eigenvalue weighted by atomic mass is 16.2. The van der Waals surface area contributed by atoms with E-state index in [-0.39, 0.29) is 23.8 Å². The second kappa shape index (κ2) is 4.90. The van der Waals surface area contributed by atoms with Crippen LogP contribution < -0.4 is 5.32 Å². The van der Waals surface area contributed by atoms with Gasteiger partial charge in [0.25, 0.3) is 0 Å². The molecule has 0 aromatic carbocycles. The zero-order valence-corrected chi connectivity index (χ0v) is 11.3. The summed E-state index contributed by atoms with van der Waals surface area (Å²) in [5, 5.41) is 2.79. The maximum Gasteiger partial charge on any atom is 0.248 e. The first-order chi connectivity index (χ1) is 7.81. The lowest BCUT2D eigenvalue weighted by Crippen LogP contribution is -2.69. The molecule has 1 aliphatic heterocycles. The van der Waals surface area contributed by atoms with Crippen molar-refractivity contribution in [1.82, 2.24) is 10.2 Å². The predicted molar refractivity (Wildman–Crippen MR) is 67.4 cm³/mol. The molecule has 0 bridgehead atoms. The van der Waals surface area contributed by atoms with Crippen molar-refractivity contribution in [3.63, 3.8) is 0 Å². The highest BCUT2D eigenvalue weighted by molar-refractivity contribution is 5.99. The molecular formula is C13H22N2O2. The smallest absolute Gasteiger partial charge is 0.248 e. The van der Waals surface area contributed by atoms with Crippen molar-refractivity contribution in [2.45, 2.75) is 46.2 Å². The summed E-state index contributed by atoms with van der Waals surface area (Å²) in [6.45, 7) is 9.80. The van der Waals surface area contributed by atoms with Gasteiger partial charge < -0.3 is 10.2 Å². The van der Waals surface area contributed by atoms with Gasteiger partial charge in [-0.2, -0.15) is 0 Å². The molecule has 2 amide bonds. The summed E-state index contributed by atoms with van der Waals surface area (Å²) < 4.78 is 0. The standard InChI is InChI=1S/C13H22N2O2/c1-6-7-8-15-10(9(2)3)11(16)14-13(4,5)12(15)17/h6-7,9-10H,8H2,1-5H3,(H,14,16)/b7-6+. The Labute approximate surface area is 103 Å². The van der Waals surface area contributed by atoms with Crippen molar-refractivity contribution in [1.29, 1.82) is 0 Å². The molecule has 96 valence electrons. The Morgan fingerprint density at radius 3 is 2.47 bits per heavy atom. The fourth-order valence-electron chi connectivity index (χ4n) is 2.14. The molecule has 1 saturated heterocycles. The molecule has 1 N–H and O–H groups in total. The molecule has 1 rings (SSSR count). The van der Waals surface area contributed by atoms with Crippen LogP contribution in [0.2, 0.25) is 0 Å². The van der Waals surface area contributed by atoms with E-state index in [1.54, 1.807) is 18.7 Å². The number of piperazine rings is 1. The lowest BCUT2D eigenvalue weighted by molar-refractivity contribution is -0.154. The quantitative estimate of drug-likeness (QED) is 0.754. The molecule has 0 aliphatic carbocycles. The number of hydrogen-bond donors (Lipinski definition) is 1. The highest BCUT2D eigenvalue weighted by Crippen LogP contribution is 2.22. The zero-order chi connectivity index (χ0) is 13.2. The van der Waals surface area contributed by atoms with Gasteiger partial charge >= 0.3 is 0 Å². The molecule has 0 radical (unpaired) electrons. The van der Waals surface area contributed by atoms with Crippen LogP contribution in [0.25, 0.3) is 0 Å². The normalized spacial score (nSPS) is 24.6. The molecule has 1 heterocycles. The van der Waals surface area contributed by atoms with Gasteiger partial charge in [-0.1, -0.05) is 26.0 Å². The topological polar surface area (TPSA) is 49.4 Å². The van der Waals surface area contributed by atoms with Gasteiger partial charge in [0.15, 0.2) is 0 Å². The molecule has 1 fully saturated rings. The lowest BCUT2D eigenvalue weighted by atomic mass is 9.91. The molecule has 0 spiro atoms. The molecule has 0 aromatic rings. The van der Waals surface area contributed by atoms with Crippen LogP contribution in [-0.4, -0.2) is 34.8 Å². The van der Waals surface area contributed by atoms with Gasteiger partial charge in [-0.15, -0.1) is 0 Å². The second-order valence-corrected chi connectivity index (χ2v) is 5.33. The Kier molecular flexibility index (Phi) is 3.96. The molecule has 4 nitrogen and oxygen atoms in total. The predicted octanol–water partition coefficient (Wildman–Crippen LogP) is 1.32. The fraction of sp³-hybridized carbons (Fsp3) is 0.692. The Morgan fingerprint density at radius 2 is 2.00 bits per heavy atom. The monoisotopic (exact) mass is 238 g/mol. The first-order valence-electron chi connectivity index (χ1n) is 6.05. The number of rotatable bonds is 3. The van der Waals surface area contributed by atoms with Gasteiger partial charge in [-0.25, -0.2) is 0 Å². The molecule has 4 heteroatoms. The molecule has 1 aliphatic rings. The van der Waals surface area contributed by atoms with Crippen LogP contribution >= 0.6 is 0 Å². The van der Waals surface area contributed by atoms with Gasteiger partial charge in [0, 0.05) is 6.54 Å². The van der Waals surface area contributed by atoms with Crippen molar-refractivity contribution in [2.24, 2.45) is 5.92 Å². The number of carbonyl (C=O) groups excluding carboxylic acids is 2. The number of nitrogens with one attached hydrogen (secondary N) is 1. The number of amides is 2. The summed E-state index contributed by atoms with van der Waals surface area (Å²) in [5.74, 6) is 0.0308. The number of carbonyl (C=O) groups is 2. The molecular weight excluding hydrogens is 216 g/mol. The van der Waals surface area contributed by atoms with Crippen molar-refractivity contribution in [3.8, 4) is 0 Å². The third kappa shape index (κ3) is 2.68. The summed E-state index contributed by atoms with van der Waals surface area (Å²) >= 11 is 0. The SMILES string of the molecule is C/C=C/CN1C(=O)C(C)(C)NC(=O)C1C(C)C. The lowest BCUT2D eigenvalue weighted by Gasteiger charge is -2.44. The van der Waals surface area contributed by atoms with E-state index in [4.69, 9.17) is 0 Å². The molecule has 17 heavy (non-hydrogen) atoms. The summed E-state index contributed by atoms with van der Waals surface area (Å²) in [7, 11) is 0. The van der Waals surface area contributed by atoms with E-state index in [1.165, 1.54) is 0 Å². The summed E-state index contributed by atoms with van der Waals surface area (Å²) in [6.07, 6.45) is 3.80. The summed E-state index contributed by atoms with van der Waals surface area (Å²) in [6, 6.07) is -0.369. The van der Waals surface area contributed by atoms with Crippen LogP contribution in [0.3, 0.4) is 0 Å². The minimum atomic E-state index is -0.802. The Morgan fingerprint density at radius 1 is 1.41 bits per heavy atom. The van der Waals surface area contributed by atoms with E-state index in [0.29, 0.717) is 6.54 Å². The Balaban J connectivity index is 3.04. The fourth-order valence-corrected chi connectivity index (χ4v) is 2.14. The first kappa shape index (κ1) is 13.7. The largest absolute Gasteiger partial charge is 0.340 e. The molecule has 1 atom stereocenters. The van der Waals surface area contributed by atoms with Crippen LogP contribution in [0.4, 0.5) is 0 Å². The zero-order valence-electron chi connectivity index (χ0n) is 11.3. The second-order valence-electron chi connectivity index (χ2n) is 5.33. The van der Waals surface area contributed by atoms with Crippen molar-refractivity contribution in [3.05, 3.63) is 12.2 Å². The third-order valence-electron chi connectivity index (χ3n) is 3.00. The van der Waals surface area contributed by atoms with Gasteiger partial charge in [-0.3, -0.25) is 9.59 Å². The van der Waals surface area contributed by atoms with Crippen LogP contribution in [0, 0.1) is 5.92 Å². The number of nitrogens with zero attached hydrogens (tertiary/aromatic N) is 1. The highest BCUT2D eigenvalue weighted by Gasteiger charge is 2.45. The van der Waals surface area contributed by atoms with E-state index in [2.05, 4.69) is 5.32 Å². The van der Waals surface area contributed by atoms with Crippen molar-refractivity contribution >= 4 is 11.8 Å². The van der Waals surface area contributed by atoms with E-state index >= 15 is 0 Å². The van der Waals surface area contributed by atoms with Gasteiger partial charge in [0.1, 0.15) is 11.6 Å². The summed E-state index contributed by atoms with van der Waals surface area (Å²) in [5.41, 5.74) is -0.802. The van der Waals surface area contributed by atoms with Gasteiger partial charge in [-0.05, 0) is 26.7 Å².